The van der Waals surface area contributed by atoms with Crippen LogP contribution in [0.25, 0.3) is 0 Å². The number of ether oxygens (including phenoxy) is 1. The molecule has 1 unspecified atom stereocenters. The number of hydrogen-bond acceptors (Lipinski definition) is 1. The highest BCUT2D eigenvalue weighted by molar-refractivity contribution is 14.1. The average molecular weight is 336 g/mol. The van der Waals surface area contributed by atoms with Crippen molar-refractivity contribution in [2.24, 2.45) is 5.92 Å². The van der Waals surface area contributed by atoms with Gasteiger partial charge >= 0.3 is 0 Å². The third-order valence-electron chi connectivity index (χ3n) is 2.28. The van der Waals surface area contributed by atoms with Crippen LogP contribution in [0.1, 0.15) is 32.3 Å². The monoisotopic (exact) mass is 336 g/mol. The topological polar surface area (TPSA) is 9.23 Å². The van der Waals surface area contributed by atoms with Gasteiger partial charge in [0.05, 0.1) is 13.3 Å². The number of hydrogen-bond donors (Lipinski definition) is 0. The van der Waals surface area contributed by atoms with Crippen LogP contribution in [0, 0.1) is 9.49 Å². The van der Waals surface area contributed by atoms with Gasteiger partial charge < -0.3 is 4.74 Å². The maximum Gasteiger partial charge on any atom is 0.120 e. The highest BCUT2D eigenvalue weighted by Crippen LogP contribution is 2.25. The van der Waals surface area contributed by atoms with Crippen LogP contribution in [0.15, 0.2) is 18.2 Å². The second-order valence-corrected chi connectivity index (χ2v) is 5.73. The molecule has 1 aromatic carbocycles. The first-order chi connectivity index (χ1) is 7.52. The Bertz CT molecular complexity index is 339. The van der Waals surface area contributed by atoms with Gasteiger partial charge in [-0.05, 0) is 52.3 Å². The van der Waals surface area contributed by atoms with Crippen LogP contribution < -0.4 is 4.74 Å². The van der Waals surface area contributed by atoms with Gasteiger partial charge in [-0.2, -0.15) is 0 Å². The summed E-state index contributed by atoms with van der Waals surface area (Å²) < 4.78 is 19.4. The Morgan fingerprint density at radius 3 is 2.50 bits per heavy atom. The minimum Gasteiger partial charge on any atom is -0.493 e. The predicted octanol–water partition coefficient (Wildman–Crippen LogP) is 4.40. The molecule has 0 amide bonds. The first-order valence-corrected chi connectivity index (χ1v) is 6.60. The third kappa shape index (κ3) is 4.28. The van der Waals surface area contributed by atoms with Crippen molar-refractivity contribution in [1.29, 1.82) is 0 Å². The number of halogens is 2. The van der Waals surface area contributed by atoms with E-state index >= 15 is 0 Å². The summed E-state index contributed by atoms with van der Waals surface area (Å²) in [5.74, 6) is 1.28. The van der Waals surface area contributed by atoms with Gasteiger partial charge in [0, 0.05) is 9.49 Å². The Balaban J connectivity index is 2.81. The van der Waals surface area contributed by atoms with Crippen molar-refractivity contribution in [3.8, 4) is 5.75 Å². The summed E-state index contributed by atoms with van der Waals surface area (Å²) in [6.07, 6.45) is 0. The van der Waals surface area contributed by atoms with Crippen LogP contribution in [0.3, 0.4) is 0 Å². The number of benzene rings is 1. The van der Waals surface area contributed by atoms with E-state index in [2.05, 4.69) is 36.4 Å². The molecule has 0 aliphatic heterocycles. The summed E-state index contributed by atoms with van der Waals surface area (Å²) in [5, 5.41) is 0. The fraction of sp³-hybridized carbons (Fsp3) is 0.538. The molecule has 90 valence electrons. The van der Waals surface area contributed by atoms with Crippen molar-refractivity contribution in [2.45, 2.75) is 26.7 Å². The summed E-state index contributed by atoms with van der Waals surface area (Å²) in [5.41, 5.74) is 1.01. The smallest absolute Gasteiger partial charge is 0.120 e. The minimum atomic E-state index is -0.330. The van der Waals surface area contributed by atoms with E-state index in [1.165, 1.54) is 0 Å². The Hall–Kier alpha value is -0.320. The molecule has 1 rings (SSSR count). The molecular formula is C13H18FIO. The third-order valence-corrected chi connectivity index (χ3v) is 2.90. The Labute approximate surface area is 111 Å². The molecule has 0 saturated carbocycles. The van der Waals surface area contributed by atoms with Crippen molar-refractivity contribution >= 4 is 22.6 Å². The summed E-state index contributed by atoms with van der Waals surface area (Å²) in [6, 6.07) is 5.93. The number of rotatable bonds is 5. The van der Waals surface area contributed by atoms with Gasteiger partial charge in [0.15, 0.2) is 0 Å². The normalized spacial score (nSPS) is 12.9. The molecule has 1 nitrogen and oxygen atoms in total. The lowest BCUT2D eigenvalue weighted by atomic mass is 10.0. The molecule has 3 heteroatoms. The molecule has 0 aromatic heterocycles. The lowest BCUT2D eigenvalue weighted by Gasteiger charge is -2.13. The summed E-state index contributed by atoms with van der Waals surface area (Å²) >= 11 is 2.24. The number of alkyl halides is 1. The molecule has 0 heterocycles. The zero-order chi connectivity index (χ0) is 12.1. The first kappa shape index (κ1) is 13.7. The summed E-state index contributed by atoms with van der Waals surface area (Å²) in [4.78, 5) is 0. The van der Waals surface area contributed by atoms with Crippen LogP contribution in [0.2, 0.25) is 0 Å². The fourth-order valence-electron chi connectivity index (χ4n) is 1.30. The molecular weight excluding hydrogens is 318 g/mol. The van der Waals surface area contributed by atoms with Gasteiger partial charge in [-0.3, -0.25) is 4.39 Å². The standard InChI is InChI=1S/C13H18FIO/c1-9(2)8-16-13-5-11(10(3)7-14)4-12(15)6-13/h4-6,9-10H,7-8H2,1-3H3. The van der Waals surface area contributed by atoms with Gasteiger partial charge in [-0.15, -0.1) is 0 Å². The Kier molecular flexibility index (Phi) is 5.52. The van der Waals surface area contributed by atoms with E-state index < -0.39 is 0 Å². The van der Waals surface area contributed by atoms with E-state index in [1.54, 1.807) is 0 Å². The second-order valence-electron chi connectivity index (χ2n) is 4.48. The largest absolute Gasteiger partial charge is 0.493 e. The highest BCUT2D eigenvalue weighted by Gasteiger charge is 2.08. The summed E-state index contributed by atoms with van der Waals surface area (Å²) in [7, 11) is 0. The van der Waals surface area contributed by atoms with Crippen molar-refractivity contribution in [3.63, 3.8) is 0 Å². The van der Waals surface area contributed by atoms with Crippen LogP contribution in [-0.4, -0.2) is 13.3 Å². The van der Waals surface area contributed by atoms with Crippen molar-refractivity contribution in [3.05, 3.63) is 27.3 Å². The molecule has 1 aromatic rings. The van der Waals surface area contributed by atoms with Gasteiger partial charge in [0.1, 0.15) is 5.75 Å². The molecule has 0 saturated heterocycles. The zero-order valence-electron chi connectivity index (χ0n) is 9.97. The van der Waals surface area contributed by atoms with E-state index in [4.69, 9.17) is 4.74 Å². The van der Waals surface area contributed by atoms with Gasteiger partial charge in [0.2, 0.25) is 0 Å². The molecule has 1 atom stereocenters. The van der Waals surface area contributed by atoms with Crippen molar-refractivity contribution in [1.82, 2.24) is 0 Å². The molecule has 0 spiro atoms. The zero-order valence-corrected chi connectivity index (χ0v) is 12.1. The Morgan fingerprint density at radius 2 is 1.94 bits per heavy atom. The van der Waals surface area contributed by atoms with E-state index in [1.807, 2.05) is 25.1 Å². The molecule has 0 bridgehead atoms. The maximum absolute atomic E-state index is 12.6. The van der Waals surface area contributed by atoms with Crippen LogP contribution >= 0.6 is 22.6 Å². The van der Waals surface area contributed by atoms with Crippen LogP contribution in [-0.2, 0) is 0 Å². The van der Waals surface area contributed by atoms with Crippen LogP contribution in [0.5, 0.6) is 5.75 Å². The van der Waals surface area contributed by atoms with E-state index in [0.717, 1.165) is 14.9 Å². The van der Waals surface area contributed by atoms with Gasteiger partial charge in [-0.25, -0.2) is 0 Å². The lowest BCUT2D eigenvalue weighted by Crippen LogP contribution is -2.05. The van der Waals surface area contributed by atoms with Gasteiger partial charge in [-0.1, -0.05) is 20.8 Å². The lowest BCUT2D eigenvalue weighted by molar-refractivity contribution is 0.270. The Morgan fingerprint density at radius 1 is 1.25 bits per heavy atom. The first-order valence-electron chi connectivity index (χ1n) is 5.52. The minimum absolute atomic E-state index is 0.0592. The molecule has 0 aliphatic carbocycles. The fourth-order valence-corrected chi connectivity index (χ4v) is 1.97. The van der Waals surface area contributed by atoms with E-state index in [0.29, 0.717) is 12.5 Å². The molecule has 0 aliphatic rings. The summed E-state index contributed by atoms with van der Waals surface area (Å²) in [6.45, 7) is 6.48. The average Bonchev–Trinajstić information content (AvgIpc) is 2.24. The molecule has 0 N–H and O–H groups in total. The van der Waals surface area contributed by atoms with E-state index in [-0.39, 0.29) is 12.6 Å². The molecule has 16 heavy (non-hydrogen) atoms. The second kappa shape index (κ2) is 6.42. The van der Waals surface area contributed by atoms with Gasteiger partial charge in [0.25, 0.3) is 0 Å². The maximum atomic E-state index is 12.6. The molecule has 0 radical (unpaired) electrons. The molecule has 0 fully saturated rings. The van der Waals surface area contributed by atoms with Crippen molar-refractivity contribution in [2.75, 3.05) is 13.3 Å². The predicted molar refractivity (Wildman–Crippen MR) is 73.9 cm³/mol. The van der Waals surface area contributed by atoms with Crippen LogP contribution in [0.4, 0.5) is 4.39 Å². The SMILES string of the molecule is CC(C)COc1cc(I)cc(C(C)CF)c1. The van der Waals surface area contributed by atoms with E-state index in [9.17, 15) is 4.39 Å². The highest BCUT2D eigenvalue weighted by atomic mass is 127. The quantitative estimate of drug-likeness (QED) is 0.724. The van der Waals surface area contributed by atoms with Crippen molar-refractivity contribution < 1.29 is 9.13 Å².